The molecule has 0 bridgehead atoms. The molecule has 6 atom stereocenters. The van der Waals surface area contributed by atoms with Crippen LogP contribution in [0.3, 0.4) is 0 Å². The van der Waals surface area contributed by atoms with Crippen LogP contribution in [0.5, 0.6) is 0 Å². The summed E-state index contributed by atoms with van der Waals surface area (Å²) in [6.45, 7) is 0. The predicted molar refractivity (Wildman–Crippen MR) is 187 cm³/mol. The fourth-order valence-electron chi connectivity index (χ4n) is 9.74. The Balaban J connectivity index is 1.16. The molecule has 4 heteroatoms. The Morgan fingerprint density at radius 3 is 2.76 bits per heavy atom. The van der Waals surface area contributed by atoms with Crippen LogP contribution in [0.2, 0.25) is 0 Å². The van der Waals surface area contributed by atoms with Crippen LogP contribution >= 0.6 is 0 Å². The number of dihydropyridines is 1. The van der Waals surface area contributed by atoms with Crippen molar-refractivity contribution in [3.05, 3.63) is 125 Å². The molecule has 4 nitrogen and oxygen atoms in total. The summed E-state index contributed by atoms with van der Waals surface area (Å²) in [5.41, 5.74) is 11.6. The van der Waals surface area contributed by atoms with Crippen LogP contribution in [0.25, 0.3) is 17.0 Å². The summed E-state index contributed by atoms with van der Waals surface area (Å²) >= 11 is 0. The Hall–Kier alpha value is -4.23. The van der Waals surface area contributed by atoms with Crippen LogP contribution in [0.4, 0.5) is 0 Å². The molecule has 6 unspecified atom stereocenters. The number of para-hydroxylation sites is 1. The van der Waals surface area contributed by atoms with Crippen molar-refractivity contribution in [2.24, 2.45) is 17.8 Å². The summed E-state index contributed by atoms with van der Waals surface area (Å²) in [5.74, 6) is 0.823. The molecular weight excluding hydrogens is 560 g/mol. The van der Waals surface area contributed by atoms with Gasteiger partial charge in [-0.1, -0.05) is 66.8 Å². The highest BCUT2D eigenvalue weighted by Gasteiger charge is 2.42. The number of nitrogens with zero attached hydrogens (tertiary/aromatic N) is 3. The number of aromatic nitrogens is 1. The van der Waals surface area contributed by atoms with E-state index in [1.165, 1.54) is 77.7 Å². The second-order valence-electron chi connectivity index (χ2n) is 14.3. The summed E-state index contributed by atoms with van der Waals surface area (Å²) in [4.78, 5) is 2.78. The molecule has 0 fully saturated rings. The van der Waals surface area contributed by atoms with Crippen LogP contribution < -0.4 is 5.32 Å². The third-order valence-corrected chi connectivity index (χ3v) is 11.8. The maximum atomic E-state index is 9.98. The van der Waals surface area contributed by atoms with E-state index >= 15 is 0 Å². The van der Waals surface area contributed by atoms with Gasteiger partial charge in [0.1, 0.15) is 0 Å². The third kappa shape index (κ3) is 4.54. The molecule has 0 saturated carbocycles. The first-order valence-electron chi connectivity index (χ1n) is 17.9. The minimum Gasteiger partial charge on any atom is -0.378 e. The van der Waals surface area contributed by atoms with Crippen molar-refractivity contribution < 1.29 is 0 Å². The first kappa shape index (κ1) is 28.0. The van der Waals surface area contributed by atoms with Crippen molar-refractivity contribution in [2.75, 3.05) is 0 Å². The second-order valence-corrected chi connectivity index (χ2v) is 14.3. The zero-order valence-electron chi connectivity index (χ0n) is 26.7. The first-order valence-corrected chi connectivity index (χ1v) is 17.9. The smallest absolute Gasteiger partial charge is 0.0666 e. The number of fused-ring (bicyclic) bond motifs is 5. The first-order chi connectivity index (χ1) is 22.8. The Bertz CT molecular complexity index is 1860. The van der Waals surface area contributed by atoms with E-state index in [9.17, 15) is 5.26 Å². The number of rotatable bonds is 4. The molecular formula is C42H44N4. The van der Waals surface area contributed by atoms with Gasteiger partial charge in [0.15, 0.2) is 0 Å². The highest BCUT2D eigenvalue weighted by molar-refractivity contribution is 5.92. The normalized spacial score (nSPS) is 31.5. The summed E-state index contributed by atoms with van der Waals surface area (Å²) < 4.78 is 2.69. The van der Waals surface area contributed by atoms with Crippen molar-refractivity contribution >= 4 is 17.0 Å². The molecule has 2 aliphatic heterocycles. The molecule has 1 N–H and O–H groups in total. The second kappa shape index (κ2) is 11.5. The standard InChI is InChI=1S/C42H44N4/c43-27-28-12-1-2-13-32(28)38-19-11-18-37(44-38)29-24-30(45-39-20-7-3-14-33(39)34-15-4-8-21-40(34)45)26-31(25-29)46-41-22-9-5-16-35(41)36-17-6-10-23-42(36)46/h2-4,7,9,11,13-15,18-20,22,25-26,28,30,32,35,37,41,44H,1,5-6,8,10,12,16-17,21,23-24H2. The van der Waals surface area contributed by atoms with Gasteiger partial charge in [-0.3, -0.25) is 0 Å². The average molecular weight is 605 g/mol. The van der Waals surface area contributed by atoms with Crippen molar-refractivity contribution in [1.82, 2.24) is 14.8 Å². The van der Waals surface area contributed by atoms with E-state index in [2.05, 4.69) is 112 Å². The lowest BCUT2D eigenvalue weighted by Crippen LogP contribution is -2.38. The fraction of sp³-hybridized carbons (Fsp3) is 0.405. The lowest BCUT2D eigenvalue weighted by atomic mass is 9.81. The summed E-state index contributed by atoms with van der Waals surface area (Å²) in [6, 6.07) is 12.4. The van der Waals surface area contributed by atoms with Gasteiger partial charge >= 0.3 is 0 Å². The predicted octanol–water partition coefficient (Wildman–Crippen LogP) is 9.35. The van der Waals surface area contributed by atoms with Crippen LogP contribution in [0, 0.1) is 29.1 Å². The monoisotopic (exact) mass is 604 g/mol. The lowest BCUT2D eigenvalue weighted by Gasteiger charge is -2.38. The van der Waals surface area contributed by atoms with Gasteiger partial charge in [-0.2, -0.15) is 5.26 Å². The van der Waals surface area contributed by atoms with Gasteiger partial charge in [-0.15, -0.1) is 0 Å². The van der Waals surface area contributed by atoms with E-state index in [1.807, 2.05) is 0 Å². The minimum atomic E-state index is 0.0292. The summed E-state index contributed by atoms with van der Waals surface area (Å²) in [7, 11) is 0. The van der Waals surface area contributed by atoms with E-state index < -0.39 is 0 Å². The van der Waals surface area contributed by atoms with Crippen molar-refractivity contribution in [2.45, 2.75) is 88.8 Å². The molecule has 0 amide bonds. The third-order valence-electron chi connectivity index (χ3n) is 11.8. The van der Waals surface area contributed by atoms with E-state index in [1.54, 1.807) is 11.3 Å². The summed E-state index contributed by atoms with van der Waals surface area (Å²) in [5, 5.41) is 15.3. The number of hydrogen-bond donors (Lipinski definition) is 1. The number of hydrogen-bond acceptors (Lipinski definition) is 3. The van der Waals surface area contributed by atoms with Gasteiger partial charge in [0.25, 0.3) is 0 Å². The van der Waals surface area contributed by atoms with Crippen LogP contribution in [0.1, 0.15) is 81.5 Å². The van der Waals surface area contributed by atoms with Gasteiger partial charge < -0.3 is 14.8 Å². The maximum absolute atomic E-state index is 9.98. The van der Waals surface area contributed by atoms with E-state index in [-0.39, 0.29) is 23.9 Å². The Morgan fingerprint density at radius 2 is 1.80 bits per heavy atom. The van der Waals surface area contributed by atoms with Crippen LogP contribution in [0.15, 0.2) is 113 Å². The molecule has 46 heavy (non-hydrogen) atoms. The highest BCUT2D eigenvalue weighted by Crippen LogP contribution is 2.50. The highest BCUT2D eigenvalue weighted by atomic mass is 15.2. The van der Waals surface area contributed by atoms with Gasteiger partial charge in [0, 0.05) is 51.1 Å². The number of nitrogens with one attached hydrogen (secondary N) is 1. The molecule has 2 aromatic rings. The SMILES string of the molecule is N#CC1CCC=CC1C1=CC=CC(C2=CC(N3C4=C(CCCC4)C4CCC=CC43)=CC(n3c4c(c5ccccc53)C=CCC4)C2)N1. The molecule has 9 rings (SSSR count). The zero-order valence-corrected chi connectivity index (χ0v) is 26.7. The fourth-order valence-corrected chi connectivity index (χ4v) is 9.74. The van der Waals surface area contributed by atoms with Crippen molar-refractivity contribution in [3.8, 4) is 6.07 Å². The lowest BCUT2D eigenvalue weighted by molar-refractivity contribution is 0.318. The topological polar surface area (TPSA) is 44.0 Å². The van der Waals surface area contributed by atoms with Gasteiger partial charge in [-0.25, -0.2) is 0 Å². The number of allylic oxidation sites excluding steroid dienone is 9. The number of nitriles is 1. The van der Waals surface area contributed by atoms with Crippen molar-refractivity contribution in [1.29, 1.82) is 5.26 Å². The largest absolute Gasteiger partial charge is 0.378 e. The van der Waals surface area contributed by atoms with E-state index in [0.29, 0.717) is 12.0 Å². The molecule has 1 aromatic carbocycles. The molecule has 0 spiro atoms. The molecule has 3 heterocycles. The Kier molecular flexibility index (Phi) is 7.03. The van der Waals surface area contributed by atoms with Gasteiger partial charge in [0.05, 0.1) is 30.1 Å². The Labute approximate surface area is 273 Å². The van der Waals surface area contributed by atoms with Crippen molar-refractivity contribution in [3.63, 3.8) is 0 Å². The quantitative estimate of drug-likeness (QED) is 0.354. The van der Waals surface area contributed by atoms with E-state index in [0.717, 1.165) is 32.1 Å². The minimum absolute atomic E-state index is 0.0292. The van der Waals surface area contributed by atoms with Gasteiger partial charge in [-0.05, 0) is 106 Å². The Morgan fingerprint density at radius 1 is 0.913 bits per heavy atom. The molecule has 1 aromatic heterocycles. The molecule has 0 radical (unpaired) electrons. The van der Waals surface area contributed by atoms with E-state index in [4.69, 9.17) is 0 Å². The zero-order chi connectivity index (χ0) is 30.6. The molecule has 7 aliphatic rings. The van der Waals surface area contributed by atoms with Crippen LogP contribution in [-0.4, -0.2) is 21.6 Å². The average Bonchev–Trinajstić information content (AvgIpc) is 3.65. The molecule has 0 saturated heterocycles. The van der Waals surface area contributed by atoms with Crippen LogP contribution in [-0.2, 0) is 6.42 Å². The summed E-state index contributed by atoms with van der Waals surface area (Å²) in [6.07, 6.45) is 38.8. The maximum Gasteiger partial charge on any atom is 0.0666 e. The molecule has 5 aliphatic carbocycles. The molecule has 232 valence electrons. The number of benzene rings is 1. The van der Waals surface area contributed by atoms with Gasteiger partial charge in [0.2, 0.25) is 0 Å².